The Morgan fingerprint density at radius 2 is 1.95 bits per heavy atom. The number of nitrogens with two attached hydrogens (primary N) is 1. The molecule has 1 fully saturated rings. The van der Waals surface area contributed by atoms with Gasteiger partial charge in [0.05, 0.1) is 7.11 Å². The lowest BCUT2D eigenvalue weighted by atomic mass is 10.1. The van der Waals surface area contributed by atoms with Crippen molar-refractivity contribution < 1.29 is 4.74 Å². The van der Waals surface area contributed by atoms with E-state index in [0.717, 1.165) is 29.9 Å². The zero-order valence-corrected chi connectivity index (χ0v) is 13.8. The number of ether oxygens (including phenoxy) is 1. The quantitative estimate of drug-likeness (QED) is 0.769. The summed E-state index contributed by atoms with van der Waals surface area (Å²) in [6.07, 6.45) is 6.71. The van der Waals surface area contributed by atoms with Crippen LogP contribution in [0, 0.1) is 5.92 Å². The number of nitrogens with zero attached hydrogens (tertiary/aromatic N) is 1. The molecule has 0 saturated heterocycles. The molecule has 0 spiro atoms. The van der Waals surface area contributed by atoms with E-state index in [2.05, 4.69) is 30.9 Å². The first-order chi connectivity index (χ1) is 10.1. The highest BCUT2D eigenvalue weighted by atomic mass is 16.5. The molecule has 0 unspecified atom stereocenters. The van der Waals surface area contributed by atoms with Crippen molar-refractivity contribution in [3.8, 4) is 5.75 Å². The minimum Gasteiger partial charge on any atom is -0.497 e. The number of hydrogen-bond donors (Lipinski definition) is 1. The third-order valence-corrected chi connectivity index (χ3v) is 4.44. The van der Waals surface area contributed by atoms with Gasteiger partial charge in [-0.25, -0.2) is 0 Å². The van der Waals surface area contributed by atoms with E-state index in [9.17, 15) is 0 Å². The van der Waals surface area contributed by atoms with Gasteiger partial charge in [-0.05, 0) is 49.4 Å². The molecular formula is C18H30N2O. The van der Waals surface area contributed by atoms with Crippen molar-refractivity contribution in [3.05, 3.63) is 23.8 Å². The number of benzene rings is 1. The Balaban J connectivity index is 2.07. The van der Waals surface area contributed by atoms with Crippen LogP contribution in [0.3, 0.4) is 0 Å². The Morgan fingerprint density at radius 1 is 1.24 bits per heavy atom. The van der Waals surface area contributed by atoms with Crippen molar-refractivity contribution in [3.63, 3.8) is 0 Å². The first kappa shape index (κ1) is 16.2. The fraction of sp³-hybridized carbons (Fsp3) is 0.667. The van der Waals surface area contributed by atoms with Gasteiger partial charge >= 0.3 is 0 Å². The third kappa shape index (κ3) is 4.92. The topological polar surface area (TPSA) is 38.5 Å². The Bertz CT molecular complexity index is 439. The van der Waals surface area contributed by atoms with Crippen LogP contribution < -0.4 is 10.5 Å². The van der Waals surface area contributed by atoms with Crippen LogP contribution >= 0.6 is 0 Å². The van der Waals surface area contributed by atoms with Crippen LogP contribution in [0.25, 0.3) is 0 Å². The van der Waals surface area contributed by atoms with Crippen molar-refractivity contribution in [1.29, 1.82) is 0 Å². The van der Waals surface area contributed by atoms with Gasteiger partial charge < -0.3 is 10.5 Å². The third-order valence-electron chi connectivity index (χ3n) is 4.44. The summed E-state index contributed by atoms with van der Waals surface area (Å²) < 4.78 is 5.34. The normalized spacial score (nSPS) is 16.0. The highest BCUT2D eigenvalue weighted by Gasteiger charge is 2.22. The monoisotopic (exact) mass is 290 g/mol. The van der Waals surface area contributed by atoms with E-state index in [0.29, 0.717) is 0 Å². The van der Waals surface area contributed by atoms with Gasteiger partial charge in [-0.3, -0.25) is 4.90 Å². The first-order valence-corrected chi connectivity index (χ1v) is 8.26. The zero-order valence-electron chi connectivity index (χ0n) is 13.8. The van der Waals surface area contributed by atoms with Gasteiger partial charge in [0, 0.05) is 24.3 Å². The predicted molar refractivity (Wildman–Crippen MR) is 89.5 cm³/mol. The Morgan fingerprint density at radius 3 is 2.57 bits per heavy atom. The lowest BCUT2D eigenvalue weighted by molar-refractivity contribution is 0.179. The van der Waals surface area contributed by atoms with E-state index in [1.807, 2.05) is 6.07 Å². The molecule has 2 rings (SSSR count). The number of hydrogen-bond acceptors (Lipinski definition) is 3. The van der Waals surface area contributed by atoms with E-state index < -0.39 is 0 Å². The van der Waals surface area contributed by atoms with Gasteiger partial charge in [-0.2, -0.15) is 0 Å². The Labute approximate surface area is 129 Å². The molecule has 0 aromatic heterocycles. The molecule has 0 atom stereocenters. The van der Waals surface area contributed by atoms with E-state index in [1.165, 1.54) is 44.2 Å². The molecule has 0 amide bonds. The molecule has 1 aromatic rings. The van der Waals surface area contributed by atoms with E-state index >= 15 is 0 Å². The van der Waals surface area contributed by atoms with Crippen molar-refractivity contribution in [2.75, 3.05) is 19.4 Å². The number of anilines is 1. The molecule has 0 radical (unpaired) electrons. The van der Waals surface area contributed by atoms with Gasteiger partial charge in [0.1, 0.15) is 5.75 Å². The molecule has 1 aliphatic rings. The van der Waals surface area contributed by atoms with Crippen LogP contribution in [0.5, 0.6) is 5.75 Å². The molecule has 0 heterocycles. The molecule has 1 aromatic carbocycles. The van der Waals surface area contributed by atoms with Crippen LogP contribution in [0.15, 0.2) is 18.2 Å². The molecule has 21 heavy (non-hydrogen) atoms. The maximum Gasteiger partial charge on any atom is 0.121 e. The fourth-order valence-corrected chi connectivity index (χ4v) is 3.21. The van der Waals surface area contributed by atoms with Crippen LogP contribution in [0.4, 0.5) is 5.69 Å². The smallest absolute Gasteiger partial charge is 0.121 e. The highest BCUT2D eigenvalue weighted by Crippen LogP contribution is 2.27. The molecule has 0 bridgehead atoms. The van der Waals surface area contributed by atoms with Crippen molar-refractivity contribution in [1.82, 2.24) is 4.90 Å². The summed E-state index contributed by atoms with van der Waals surface area (Å²) in [6.45, 7) is 6.77. The second-order valence-corrected chi connectivity index (χ2v) is 6.71. The standard InChI is InChI=1S/C18H30N2O/c1-14(2)8-9-20(17-6-4-5-7-17)13-15-10-16(19)12-18(11-15)21-3/h10-12,14,17H,4-9,13,19H2,1-3H3. The summed E-state index contributed by atoms with van der Waals surface area (Å²) in [4.78, 5) is 2.65. The zero-order chi connectivity index (χ0) is 15.2. The molecule has 118 valence electrons. The molecule has 2 N–H and O–H groups in total. The lowest BCUT2D eigenvalue weighted by Gasteiger charge is -2.29. The van der Waals surface area contributed by atoms with Crippen molar-refractivity contribution in [2.24, 2.45) is 5.92 Å². The van der Waals surface area contributed by atoms with Gasteiger partial charge in [0.2, 0.25) is 0 Å². The predicted octanol–water partition coefficient (Wildman–Crippen LogP) is 4.07. The Kier molecular flexibility index (Phi) is 5.92. The molecular weight excluding hydrogens is 260 g/mol. The van der Waals surface area contributed by atoms with Gasteiger partial charge in [-0.1, -0.05) is 26.7 Å². The second-order valence-electron chi connectivity index (χ2n) is 6.71. The van der Waals surface area contributed by atoms with Crippen LogP contribution in [0.1, 0.15) is 51.5 Å². The SMILES string of the molecule is COc1cc(N)cc(CN(CCC(C)C)C2CCCC2)c1. The van der Waals surface area contributed by atoms with E-state index in [1.54, 1.807) is 7.11 Å². The highest BCUT2D eigenvalue weighted by molar-refractivity contribution is 5.47. The number of nitrogen functional groups attached to an aromatic ring is 1. The maximum atomic E-state index is 5.99. The lowest BCUT2D eigenvalue weighted by Crippen LogP contribution is -2.34. The minimum atomic E-state index is 0.746. The first-order valence-electron chi connectivity index (χ1n) is 8.26. The van der Waals surface area contributed by atoms with E-state index in [4.69, 9.17) is 10.5 Å². The largest absolute Gasteiger partial charge is 0.497 e. The van der Waals surface area contributed by atoms with Crippen LogP contribution in [-0.4, -0.2) is 24.6 Å². The van der Waals surface area contributed by atoms with Gasteiger partial charge in [0.25, 0.3) is 0 Å². The van der Waals surface area contributed by atoms with Gasteiger partial charge in [-0.15, -0.1) is 0 Å². The number of methoxy groups -OCH3 is 1. The van der Waals surface area contributed by atoms with Crippen molar-refractivity contribution >= 4 is 5.69 Å². The molecule has 0 aliphatic heterocycles. The summed E-state index contributed by atoms with van der Waals surface area (Å²) >= 11 is 0. The van der Waals surface area contributed by atoms with E-state index in [-0.39, 0.29) is 0 Å². The summed E-state index contributed by atoms with van der Waals surface area (Å²) in [5.74, 6) is 1.62. The molecule has 3 heteroatoms. The fourth-order valence-electron chi connectivity index (χ4n) is 3.21. The van der Waals surface area contributed by atoms with Gasteiger partial charge in [0.15, 0.2) is 0 Å². The molecule has 1 saturated carbocycles. The van der Waals surface area contributed by atoms with Crippen molar-refractivity contribution in [2.45, 2.75) is 58.5 Å². The summed E-state index contributed by atoms with van der Waals surface area (Å²) in [7, 11) is 1.70. The summed E-state index contributed by atoms with van der Waals surface area (Å²) in [5, 5.41) is 0. The Hall–Kier alpha value is -1.22. The molecule has 3 nitrogen and oxygen atoms in total. The second kappa shape index (κ2) is 7.69. The summed E-state index contributed by atoms with van der Waals surface area (Å²) in [5.41, 5.74) is 8.05. The molecule has 1 aliphatic carbocycles. The van der Waals surface area contributed by atoms with Crippen LogP contribution in [-0.2, 0) is 6.54 Å². The van der Waals surface area contributed by atoms with Crippen LogP contribution in [0.2, 0.25) is 0 Å². The average molecular weight is 290 g/mol. The average Bonchev–Trinajstić information content (AvgIpc) is 2.96. The maximum absolute atomic E-state index is 5.99. The minimum absolute atomic E-state index is 0.746. The number of rotatable bonds is 7. The summed E-state index contributed by atoms with van der Waals surface area (Å²) in [6, 6.07) is 6.83.